The molecule has 0 bridgehead atoms. The van der Waals surface area contributed by atoms with E-state index in [1.807, 2.05) is 61.5 Å². The molecule has 0 radical (unpaired) electrons. The second kappa shape index (κ2) is 9.87. The van der Waals surface area contributed by atoms with Crippen LogP contribution in [0.5, 0.6) is 11.6 Å². The molecule has 4 heterocycles. The van der Waals surface area contributed by atoms with E-state index in [1.165, 1.54) is 6.08 Å². The lowest BCUT2D eigenvalue weighted by Gasteiger charge is -2.34. The maximum atomic E-state index is 11.9. The number of hydrogen-bond donors (Lipinski definition) is 3. The number of rotatable bonds is 6. The van der Waals surface area contributed by atoms with E-state index >= 15 is 0 Å². The van der Waals surface area contributed by atoms with Gasteiger partial charge in [0, 0.05) is 35.6 Å². The molecule has 3 N–H and O–H groups in total. The summed E-state index contributed by atoms with van der Waals surface area (Å²) in [5.74, 6) is 1.74. The van der Waals surface area contributed by atoms with Crippen molar-refractivity contribution in [2.45, 2.75) is 38.5 Å². The number of benzene rings is 2. The lowest BCUT2D eigenvalue weighted by molar-refractivity contribution is -0.111. The molecule has 5 aromatic rings. The largest absolute Gasteiger partial charge is 0.439 e. The second-order valence-corrected chi connectivity index (χ2v) is 10.5. The molecule has 2 aliphatic rings. The fraction of sp³-hybridized carbons (Fsp3) is 0.188. The number of pyridine rings is 1. The summed E-state index contributed by atoms with van der Waals surface area (Å²) in [5, 5.41) is 17.5. The van der Waals surface area contributed by atoms with Crippen molar-refractivity contribution in [3.63, 3.8) is 0 Å². The van der Waals surface area contributed by atoms with Gasteiger partial charge in [-0.05, 0) is 72.9 Å². The first kappa shape index (κ1) is 25.0. The van der Waals surface area contributed by atoms with Crippen molar-refractivity contribution >= 4 is 28.4 Å². The van der Waals surface area contributed by atoms with Crippen LogP contribution in [0.1, 0.15) is 30.1 Å². The van der Waals surface area contributed by atoms with Gasteiger partial charge in [0.2, 0.25) is 11.8 Å². The number of aryl methyl sites for hydroxylation is 1. The lowest BCUT2D eigenvalue weighted by atomic mass is 9.88. The average molecular weight is 545 g/mol. The van der Waals surface area contributed by atoms with Crippen molar-refractivity contribution in [3.05, 3.63) is 90.9 Å². The van der Waals surface area contributed by atoms with E-state index in [0.717, 1.165) is 50.5 Å². The fourth-order valence-corrected chi connectivity index (χ4v) is 5.74. The van der Waals surface area contributed by atoms with Crippen LogP contribution in [0.15, 0.2) is 79.6 Å². The number of fused-ring (bicyclic) bond motifs is 2. The third-order valence-corrected chi connectivity index (χ3v) is 7.73. The number of nitrogens with zero attached hydrogens (tertiary/aromatic N) is 4. The lowest BCUT2D eigenvalue weighted by Crippen LogP contribution is -2.31. The summed E-state index contributed by atoms with van der Waals surface area (Å²) in [6, 6.07) is 19.7. The minimum Gasteiger partial charge on any atom is -0.439 e. The number of anilines is 2. The van der Waals surface area contributed by atoms with Crippen LogP contribution in [0.4, 0.5) is 11.5 Å². The van der Waals surface area contributed by atoms with E-state index in [4.69, 9.17) is 9.72 Å². The van der Waals surface area contributed by atoms with Gasteiger partial charge in [-0.2, -0.15) is 0 Å². The second-order valence-electron chi connectivity index (χ2n) is 10.5. The quantitative estimate of drug-likeness (QED) is 0.224. The third kappa shape index (κ3) is 4.40. The molecule has 0 unspecified atom stereocenters. The molecular weight excluding hydrogens is 516 g/mol. The molecular formula is C32H28N6O3. The zero-order valence-corrected chi connectivity index (χ0v) is 22.5. The number of ether oxygens (including phenoxy) is 1. The molecule has 41 heavy (non-hydrogen) atoms. The molecule has 7 rings (SSSR count). The molecule has 3 aromatic heterocycles. The summed E-state index contributed by atoms with van der Waals surface area (Å²) in [7, 11) is 0. The SMILES string of the molecule is C=CC(=O)Nc1ccc(-c2c3c4c(ncnc4n2[C@H]2C[C@H](O)C2)NCc2cc(Oc4cccc(C)n4)ccc2-3)cc1. The number of hydrogen-bond acceptors (Lipinski definition) is 7. The van der Waals surface area contributed by atoms with Crippen LogP contribution in [0.25, 0.3) is 33.4 Å². The molecule has 1 saturated carbocycles. The molecule has 1 aliphatic carbocycles. The molecule has 9 nitrogen and oxygen atoms in total. The first-order valence-electron chi connectivity index (χ1n) is 13.6. The molecule has 0 saturated heterocycles. The number of aliphatic hydroxyl groups excluding tert-OH is 1. The Morgan fingerprint density at radius 1 is 1.15 bits per heavy atom. The summed E-state index contributed by atoms with van der Waals surface area (Å²) >= 11 is 0. The Morgan fingerprint density at radius 3 is 2.73 bits per heavy atom. The topological polar surface area (TPSA) is 114 Å². The van der Waals surface area contributed by atoms with Crippen molar-refractivity contribution in [1.29, 1.82) is 0 Å². The van der Waals surface area contributed by atoms with Crippen LogP contribution in [0.3, 0.4) is 0 Å². The molecule has 2 aromatic carbocycles. The average Bonchev–Trinajstić information content (AvgIpc) is 3.20. The Bertz CT molecular complexity index is 1820. The summed E-state index contributed by atoms with van der Waals surface area (Å²) in [6.07, 6.45) is 3.81. The minimum absolute atomic E-state index is 0.0945. The van der Waals surface area contributed by atoms with E-state index in [-0.39, 0.29) is 18.1 Å². The van der Waals surface area contributed by atoms with Crippen molar-refractivity contribution < 1.29 is 14.6 Å². The number of aromatic nitrogens is 4. The Morgan fingerprint density at radius 2 is 1.98 bits per heavy atom. The van der Waals surface area contributed by atoms with E-state index in [1.54, 1.807) is 6.33 Å². The molecule has 1 fully saturated rings. The van der Waals surface area contributed by atoms with Crippen molar-refractivity contribution in [3.8, 4) is 34.0 Å². The first-order valence-corrected chi connectivity index (χ1v) is 13.6. The zero-order chi connectivity index (χ0) is 28.1. The zero-order valence-electron chi connectivity index (χ0n) is 22.5. The van der Waals surface area contributed by atoms with Gasteiger partial charge < -0.3 is 25.0 Å². The molecule has 1 aliphatic heterocycles. The summed E-state index contributed by atoms with van der Waals surface area (Å²) in [4.78, 5) is 25.7. The highest BCUT2D eigenvalue weighted by Gasteiger charge is 2.36. The van der Waals surface area contributed by atoms with Crippen molar-refractivity contribution in [2.24, 2.45) is 0 Å². The molecule has 0 spiro atoms. The van der Waals surface area contributed by atoms with Crippen LogP contribution in [0.2, 0.25) is 0 Å². The molecule has 204 valence electrons. The van der Waals surface area contributed by atoms with E-state index in [9.17, 15) is 9.90 Å². The first-order chi connectivity index (χ1) is 20.0. The maximum absolute atomic E-state index is 11.9. The van der Waals surface area contributed by atoms with Gasteiger partial charge in [0.1, 0.15) is 23.5 Å². The van der Waals surface area contributed by atoms with E-state index in [2.05, 4.69) is 37.8 Å². The number of carbonyl (C=O) groups is 1. The van der Waals surface area contributed by atoms with Gasteiger partial charge in [-0.3, -0.25) is 4.79 Å². The summed E-state index contributed by atoms with van der Waals surface area (Å²) < 4.78 is 8.37. The van der Waals surface area contributed by atoms with Gasteiger partial charge in [-0.25, -0.2) is 15.0 Å². The normalized spacial score (nSPS) is 17.1. The predicted octanol–water partition coefficient (Wildman–Crippen LogP) is 6.01. The van der Waals surface area contributed by atoms with Gasteiger partial charge in [0.25, 0.3) is 0 Å². The Hall–Kier alpha value is -5.02. The van der Waals surface area contributed by atoms with Gasteiger partial charge in [0.15, 0.2) is 0 Å². The van der Waals surface area contributed by atoms with Gasteiger partial charge in [-0.15, -0.1) is 0 Å². The fourth-order valence-electron chi connectivity index (χ4n) is 5.74. The third-order valence-electron chi connectivity index (χ3n) is 7.73. The van der Waals surface area contributed by atoms with Gasteiger partial charge in [-0.1, -0.05) is 30.8 Å². The monoisotopic (exact) mass is 544 g/mol. The Labute approximate surface area is 236 Å². The number of nitrogens with one attached hydrogen (secondary N) is 2. The highest BCUT2D eigenvalue weighted by atomic mass is 16.5. The smallest absolute Gasteiger partial charge is 0.247 e. The summed E-state index contributed by atoms with van der Waals surface area (Å²) in [6.45, 7) is 6.03. The van der Waals surface area contributed by atoms with Crippen LogP contribution in [-0.4, -0.2) is 36.6 Å². The molecule has 0 atom stereocenters. The van der Waals surface area contributed by atoms with Crippen LogP contribution in [0, 0.1) is 6.92 Å². The maximum Gasteiger partial charge on any atom is 0.247 e. The van der Waals surface area contributed by atoms with Gasteiger partial charge in [0.05, 0.1) is 17.2 Å². The highest BCUT2D eigenvalue weighted by molar-refractivity contribution is 6.10. The van der Waals surface area contributed by atoms with Crippen LogP contribution >= 0.6 is 0 Å². The van der Waals surface area contributed by atoms with E-state index < -0.39 is 0 Å². The van der Waals surface area contributed by atoms with E-state index in [0.29, 0.717) is 36.7 Å². The van der Waals surface area contributed by atoms with Crippen LogP contribution in [-0.2, 0) is 11.3 Å². The summed E-state index contributed by atoms with van der Waals surface area (Å²) in [5.41, 5.74) is 7.50. The predicted molar refractivity (Wildman–Crippen MR) is 158 cm³/mol. The van der Waals surface area contributed by atoms with Crippen molar-refractivity contribution in [1.82, 2.24) is 19.5 Å². The Balaban J connectivity index is 1.41. The minimum atomic E-state index is -0.334. The highest BCUT2D eigenvalue weighted by Crippen LogP contribution is 2.50. The number of carbonyl (C=O) groups excluding carboxylic acids is 1. The number of aliphatic hydroxyl groups is 1. The molecule has 9 heteroatoms. The van der Waals surface area contributed by atoms with Crippen LogP contribution < -0.4 is 15.4 Å². The standard InChI is InChI=1S/C32H28N6O3/c1-3-26(40)37-21-9-7-19(8-10-21)30-28-25-12-11-24(41-27-6-4-5-18(2)36-27)13-20(25)16-33-31-29(28)32(35-17-34-31)38(30)22-14-23(39)15-22/h3-13,17,22-23,39H,1,14-16H2,2H3,(H,37,40)(H,33,34,35)/t22-,23-. The van der Waals surface area contributed by atoms with Crippen molar-refractivity contribution in [2.75, 3.05) is 10.6 Å². The van der Waals surface area contributed by atoms with Gasteiger partial charge >= 0.3 is 0 Å². The molecule has 1 amide bonds. The number of amides is 1. The Kier molecular flexibility index (Phi) is 6.01.